The minimum absolute atomic E-state index is 0.236. The fourth-order valence-corrected chi connectivity index (χ4v) is 2.33. The first-order valence-corrected chi connectivity index (χ1v) is 5.74. The summed E-state index contributed by atoms with van der Waals surface area (Å²) in [5.41, 5.74) is 5.92. The average molecular weight is 187 g/mol. The lowest BCUT2D eigenvalue weighted by Crippen LogP contribution is -2.11. The summed E-state index contributed by atoms with van der Waals surface area (Å²) >= 11 is 3.64. The monoisotopic (exact) mass is 187 g/mol. The summed E-state index contributed by atoms with van der Waals surface area (Å²) in [7, 11) is 0. The van der Waals surface area contributed by atoms with E-state index < -0.39 is 0 Å². The molecule has 2 N–H and O–H groups in total. The number of hydrogen-bond donors (Lipinski definition) is 1. The molecule has 1 atom stereocenters. The van der Waals surface area contributed by atoms with Crippen molar-refractivity contribution in [3.05, 3.63) is 22.4 Å². The molecule has 62 valence electrons. The van der Waals surface area contributed by atoms with Crippen LogP contribution in [-0.2, 0) is 0 Å². The molecule has 0 aliphatic rings. The van der Waals surface area contributed by atoms with E-state index in [1.54, 1.807) is 11.3 Å². The van der Waals surface area contributed by atoms with Crippen molar-refractivity contribution < 1.29 is 0 Å². The first kappa shape index (κ1) is 9.10. The zero-order chi connectivity index (χ0) is 8.10. The summed E-state index contributed by atoms with van der Waals surface area (Å²) in [6, 6.07) is 4.39. The van der Waals surface area contributed by atoms with Gasteiger partial charge in [-0.3, -0.25) is 0 Å². The van der Waals surface area contributed by atoms with Crippen LogP contribution in [-0.4, -0.2) is 11.5 Å². The second-order valence-corrected chi connectivity index (χ2v) is 4.58. The van der Waals surface area contributed by atoms with Crippen molar-refractivity contribution >= 4 is 23.1 Å². The molecule has 0 aliphatic heterocycles. The summed E-state index contributed by atoms with van der Waals surface area (Å²) < 4.78 is 0. The molecule has 1 unspecified atom stereocenters. The molecule has 11 heavy (non-hydrogen) atoms. The van der Waals surface area contributed by atoms with Crippen molar-refractivity contribution in [2.45, 2.75) is 13.0 Å². The molecule has 1 rings (SSSR count). The number of rotatable bonds is 4. The number of thioether (sulfide) groups is 1. The molecular weight excluding hydrogens is 174 g/mol. The summed E-state index contributed by atoms with van der Waals surface area (Å²) in [5.74, 6) is 2.19. The highest BCUT2D eigenvalue weighted by molar-refractivity contribution is 7.99. The van der Waals surface area contributed by atoms with Crippen LogP contribution in [0.15, 0.2) is 17.5 Å². The molecule has 0 bridgehead atoms. The Kier molecular flexibility index (Phi) is 3.97. The first-order valence-electron chi connectivity index (χ1n) is 3.71. The Balaban J connectivity index is 2.36. The smallest absolute Gasteiger partial charge is 0.0481 e. The van der Waals surface area contributed by atoms with E-state index in [2.05, 4.69) is 24.4 Å². The molecule has 1 aromatic heterocycles. The predicted octanol–water partition coefficient (Wildman–Crippen LogP) is 2.50. The van der Waals surface area contributed by atoms with E-state index in [1.807, 2.05) is 11.8 Å². The fraction of sp³-hybridized carbons (Fsp3) is 0.500. The van der Waals surface area contributed by atoms with Crippen LogP contribution in [0.5, 0.6) is 0 Å². The molecule has 0 spiro atoms. The first-order chi connectivity index (χ1) is 5.34. The van der Waals surface area contributed by atoms with Gasteiger partial charge >= 0.3 is 0 Å². The van der Waals surface area contributed by atoms with E-state index in [0.29, 0.717) is 0 Å². The molecule has 0 fully saturated rings. The van der Waals surface area contributed by atoms with Crippen LogP contribution >= 0.6 is 23.1 Å². The minimum Gasteiger partial charge on any atom is -0.323 e. The zero-order valence-corrected chi connectivity index (χ0v) is 8.25. The van der Waals surface area contributed by atoms with Gasteiger partial charge < -0.3 is 5.73 Å². The Hall–Kier alpha value is 0.01000. The van der Waals surface area contributed by atoms with Crippen LogP contribution < -0.4 is 5.73 Å². The molecule has 0 aliphatic carbocycles. The van der Waals surface area contributed by atoms with Gasteiger partial charge in [0.1, 0.15) is 0 Å². The predicted molar refractivity (Wildman–Crippen MR) is 54.2 cm³/mol. The highest BCUT2D eigenvalue weighted by Crippen LogP contribution is 2.19. The largest absolute Gasteiger partial charge is 0.323 e. The summed E-state index contributed by atoms with van der Waals surface area (Å²) in [6.45, 7) is 2.16. The Bertz CT molecular complexity index is 184. The molecule has 1 aromatic rings. The molecule has 0 saturated heterocycles. The molecular formula is C8H13NS2. The molecule has 1 nitrogen and oxygen atoms in total. The van der Waals surface area contributed by atoms with Gasteiger partial charge in [0.05, 0.1) is 0 Å². The van der Waals surface area contributed by atoms with Crippen LogP contribution in [0.4, 0.5) is 0 Å². The third-order valence-corrected chi connectivity index (χ3v) is 3.42. The van der Waals surface area contributed by atoms with Gasteiger partial charge in [-0.05, 0) is 17.2 Å². The molecule has 0 amide bonds. The lowest BCUT2D eigenvalue weighted by Gasteiger charge is -2.06. The summed E-state index contributed by atoms with van der Waals surface area (Å²) in [6.07, 6.45) is 0. The van der Waals surface area contributed by atoms with Crippen LogP contribution in [0, 0.1) is 0 Å². The third-order valence-electron chi connectivity index (χ3n) is 1.41. The molecule has 0 saturated carbocycles. The summed E-state index contributed by atoms with van der Waals surface area (Å²) in [4.78, 5) is 1.30. The van der Waals surface area contributed by atoms with Gasteiger partial charge in [0.25, 0.3) is 0 Å². The minimum atomic E-state index is 0.236. The van der Waals surface area contributed by atoms with E-state index >= 15 is 0 Å². The highest BCUT2D eigenvalue weighted by atomic mass is 32.2. The molecule has 3 heteroatoms. The van der Waals surface area contributed by atoms with Crippen molar-refractivity contribution in [1.29, 1.82) is 0 Å². The van der Waals surface area contributed by atoms with Gasteiger partial charge in [-0.25, -0.2) is 0 Å². The van der Waals surface area contributed by atoms with Crippen molar-refractivity contribution in [3.8, 4) is 0 Å². The van der Waals surface area contributed by atoms with Crippen LogP contribution in [0.3, 0.4) is 0 Å². The van der Waals surface area contributed by atoms with E-state index in [4.69, 9.17) is 5.73 Å². The normalized spacial score (nSPS) is 13.3. The van der Waals surface area contributed by atoms with E-state index in [1.165, 1.54) is 4.88 Å². The Morgan fingerprint density at radius 1 is 1.73 bits per heavy atom. The van der Waals surface area contributed by atoms with Gasteiger partial charge in [0.2, 0.25) is 0 Å². The Labute approximate surface area is 76.0 Å². The van der Waals surface area contributed by atoms with E-state index in [0.717, 1.165) is 11.5 Å². The van der Waals surface area contributed by atoms with Crippen molar-refractivity contribution in [2.75, 3.05) is 11.5 Å². The third kappa shape index (κ3) is 2.85. The van der Waals surface area contributed by atoms with E-state index in [-0.39, 0.29) is 6.04 Å². The van der Waals surface area contributed by atoms with Crippen molar-refractivity contribution in [1.82, 2.24) is 0 Å². The van der Waals surface area contributed by atoms with E-state index in [9.17, 15) is 0 Å². The quantitative estimate of drug-likeness (QED) is 0.783. The topological polar surface area (TPSA) is 26.0 Å². The molecule has 0 aromatic carbocycles. The maximum atomic E-state index is 5.92. The Morgan fingerprint density at radius 3 is 3.09 bits per heavy atom. The average Bonchev–Trinajstić information content (AvgIpc) is 2.52. The lowest BCUT2D eigenvalue weighted by atomic mass is 10.3. The molecule has 0 radical (unpaired) electrons. The number of hydrogen-bond acceptors (Lipinski definition) is 3. The van der Waals surface area contributed by atoms with Gasteiger partial charge in [-0.15, -0.1) is 11.3 Å². The van der Waals surface area contributed by atoms with Crippen LogP contribution in [0.1, 0.15) is 17.8 Å². The van der Waals surface area contributed by atoms with Gasteiger partial charge in [-0.2, -0.15) is 11.8 Å². The van der Waals surface area contributed by atoms with Crippen molar-refractivity contribution in [3.63, 3.8) is 0 Å². The standard InChI is InChI=1S/C8H13NS2/c1-2-10-6-7(9)8-4-3-5-11-8/h3-5,7H,2,6,9H2,1H3. The second-order valence-electron chi connectivity index (χ2n) is 2.28. The van der Waals surface area contributed by atoms with Crippen molar-refractivity contribution in [2.24, 2.45) is 5.73 Å². The molecule has 1 heterocycles. The number of thiophene rings is 1. The summed E-state index contributed by atoms with van der Waals surface area (Å²) in [5, 5.41) is 2.08. The Morgan fingerprint density at radius 2 is 2.55 bits per heavy atom. The SMILES string of the molecule is CCSCC(N)c1cccs1. The maximum absolute atomic E-state index is 5.92. The highest BCUT2D eigenvalue weighted by Gasteiger charge is 2.04. The zero-order valence-electron chi connectivity index (χ0n) is 6.62. The lowest BCUT2D eigenvalue weighted by molar-refractivity contribution is 0.852. The van der Waals surface area contributed by atoms with Gasteiger partial charge in [0, 0.05) is 16.7 Å². The van der Waals surface area contributed by atoms with Crippen LogP contribution in [0.25, 0.3) is 0 Å². The second kappa shape index (κ2) is 4.80. The van der Waals surface area contributed by atoms with Gasteiger partial charge in [0.15, 0.2) is 0 Å². The fourth-order valence-electron chi connectivity index (χ4n) is 0.829. The van der Waals surface area contributed by atoms with Crippen LogP contribution in [0.2, 0.25) is 0 Å². The van der Waals surface area contributed by atoms with Gasteiger partial charge in [-0.1, -0.05) is 13.0 Å². The number of nitrogens with two attached hydrogens (primary N) is 1. The maximum Gasteiger partial charge on any atom is 0.0481 e.